The first-order valence-electron chi connectivity index (χ1n) is 8.17. The van der Waals surface area contributed by atoms with Gasteiger partial charge in [0.2, 0.25) is 0 Å². The molecule has 6 atom stereocenters. The summed E-state index contributed by atoms with van der Waals surface area (Å²) in [5.74, 6) is 0.584. The van der Waals surface area contributed by atoms with Gasteiger partial charge in [0, 0.05) is 19.5 Å². The molecule has 2 saturated carbocycles. The molecule has 2 N–H and O–H groups in total. The van der Waals surface area contributed by atoms with E-state index in [0.29, 0.717) is 25.2 Å². The van der Waals surface area contributed by atoms with Gasteiger partial charge in [0.05, 0.1) is 5.41 Å². The number of aliphatic hydroxyl groups is 2. The molecule has 4 aliphatic rings. The van der Waals surface area contributed by atoms with E-state index >= 15 is 0 Å². The summed E-state index contributed by atoms with van der Waals surface area (Å²) >= 11 is 0. The van der Waals surface area contributed by atoms with Crippen molar-refractivity contribution in [3.05, 3.63) is 0 Å². The van der Waals surface area contributed by atoms with Crippen molar-refractivity contribution < 1.29 is 15.0 Å². The Hall–Kier alpha value is -0.450. The molecule has 2 aliphatic heterocycles. The molecule has 2 heterocycles. The number of ketones is 1. The Bertz CT molecular complexity index is 467. The molecule has 0 aromatic heterocycles. The van der Waals surface area contributed by atoms with Crippen LogP contribution in [-0.2, 0) is 4.79 Å². The average Bonchev–Trinajstić information content (AvgIpc) is 2.56. The molecule has 2 bridgehead atoms. The van der Waals surface area contributed by atoms with E-state index in [9.17, 15) is 15.0 Å². The van der Waals surface area contributed by atoms with Crippen molar-refractivity contribution in [1.29, 1.82) is 0 Å². The number of rotatable bonds is 0. The third-order valence-corrected chi connectivity index (χ3v) is 6.85. The number of piperidine rings is 1. The maximum Gasteiger partial charge on any atom is 0.165 e. The molecule has 4 nitrogen and oxygen atoms in total. The lowest BCUT2D eigenvalue weighted by Crippen LogP contribution is -2.72. The highest BCUT2D eigenvalue weighted by Crippen LogP contribution is 2.67. The van der Waals surface area contributed by atoms with Crippen molar-refractivity contribution >= 4 is 5.78 Å². The Morgan fingerprint density at radius 3 is 2.65 bits per heavy atom. The van der Waals surface area contributed by atoms with E-state index in [0.717, 1.165) is 38.8 Å². The van der Waals surface area contributed by atoms with Crippen molar-refractivity contribution in [2.45, 2.75) is 63.2 Å². The van der Waals surface area contributed by atoms with Gasteiger partial charge >= 0.3 is 0 Å². The molecule has 2 aliphatic carbocycles. The highest BCUT2D eigenvalue weighted by atomic mass is 16.3. The van der Waals surface area contributed by atoms with Crippen LogP contribution in [0.25, 0.3) is 0 Å². The van der Waals surface area contributed by atoms with Gasteiger partial charge < -0.3 is 10.2 Å². The molecular weight excluding hydrogens is 254 g/mol. The van der Waals surface area contributed by atoms with Gasteiger partial charge in [0.25, 0.3) is 0 Å². The predicted molar refractivity (Wildman–Crippen MR) is 73.9 cm³/mol. The number of hydrogen-bond acceptors (Lipinski definition) is 4. The zero-order valence-corrected chi connectivity index (χ0v) is 12.3. The second-order valence-corrected chi connectivity index (χ2v) is 7.71. The predicted octanol–water partition coefficient (Wildman–Crippen LogP) is 1.30. The molecule has 20 heavy (non-hydrogen) atoms. The van der Waals surface area contributed by atoms with Crippen LogP contribution in [0.1, 0.15) is 51.9 Å². The van der Waals surface area contributed by atoms with E-state index in [-0.39, 0.29) is 11.7 Å². The van der Waals surface area contributed by atoms with Crippen molar-refractivity contribution in [1.82, 2.24) is 4.90 Å². The van der Waals surface area contributed by atoms with Gasteiger partial charge in [-0.3, -0.25) is 9.69 Å². The van der Waals surface area contributed by atoms with E-state index in [1.807, 2.05) is 0 Å². The van der Waals surface area contributed by atoms with Crippen molar-refractivity contribution in [2.24, 2.45) is 17.3 Å². The zero-order chi connectivity index (χ0) is 14.2. The highest BCUT2D eigenvalue weighted by Gasteiger charge is 2.76. The molecule has 0 radical (unpaired) electrons. The Morgan fingerprint density at radius 2 is 1.90 bits per heavy atom. The molecule has 0 aromatic rings. The minimum Gasteiger partial charge on any atom is -0.381 e. The molecule has 112 valence electrons. The fraction of sp³-hybridized carbons (Fsp3) is 0.938. The molecule has 4 fully saturated rings. The summed E-state index contributed by atoms with van der Waals surface area (Å²) in [6, 6.07) is 0. The third kappa shape index (κ3) is 1.23. The lowest BCUT2D eigenvalue weighted by Gasteiger charge is -2.63. The maximum absolute atomic E-state index is 12.6. The van der Waals surface area contributed by atoms with Crippen molar-refractivity contribution in [3.63, 3.8) is 0 Å². The zero-order valence-electron chi connectivity index (χ0n) is 12.3. The second-order valence-electron chi connectivity index (χ2n) is 7.71. The Kier molecular flexibility index (Phi) is 2.54. The normalized spacial score (nSPS) is 58.1. The Morgan fingerprint density at radius 1 is 1.20 bits per heavy atom. The van der Waals surface area contributed by atoms with Gasteiger partial charge in [-0.2, -0.15) is 0 Å². The van der Waals surface area contributed by atoms with Gasteiger partial charge in [0.1, 0.15) is 11.3 Å². The van der Waals surface area contributed by atoms with Gasteiger partial charge in [-0.1, -0.05) is 6.92 Å². The van der Waals surface area contributed by atoms with E-state index in [2.05, 4.69) is 11.8 Å². The molecule has 2 saturated heterocycles. The summed E-state index contributed by atoms with van der Waals surface area (Å²) in [4.78, 5) is 14.8. The summed E-state index contributed by atoms with van der Waals surface area (Å²) in [6.45, 7) is 3.89. The lowest BCUT2D eigenvalue weighted by atomic mass is 9.51. The minimum absolute atomic E-state index is 0.00113. The van der Waals surface area contributed by atoms with Crippen LogP contribution in [-0.4, -0.2) is 45.3 Å². The molecule has 0 amide bonds. The van der Waals surface area contributed by atoms with Crippen LogP contribution in [0.15, 0.2) is 0 Å². The third-order valence-electron chi connectivity index (χ3n) is 6.85. The summed E-state index contributed by atoms with van der Waals surface area (Å²) in [7, 11) is 0. The van der Waals surface area contributed by atoms with Gasteiger partial charge in [-0.05, 0) is 50.4 Å². The van der Waals surface area contributed by atoms with Crippen LogP contribution < -0.4 is 0 Å². The van der Waals surface area contributed by atoms with E-state index in [4.69, 9.17) is 0 Å². The fourth-order valence-electron chi connectivity index (χ4n) is 6.27. The largest absolute Gasteiger partial charge is 0.381 e. The number of carbonyl (C=O) groups excluding carboxylic acids is 1. The topological polar surface area (TPSA) is 60.8 Å². The Labute approximate surface area is 120 Å². The molecule has 2 unspecified atom stereocenters. The number of Topliss-reactive ketones (excluding diaryl/α,β-unsaturated/α-hetero) is 1. The van der Waals surface area contributed by atoms with E-state index in [1.54, 1.807) is 0 Å². The average molecular weight is 279 g/mol. The van der Waals surface area contributed by atoms with Crippen LogP contribution in [0.5, 0.6) is 0 Å². The monoisotopic (exact) mass is 279 g/mol. The first-order chi connectivity index (χ1) is 9.44. The minimum atomic E-state index is -1.28. The summed E-state index contributed by atoms with van der Waals surface area (Å²) in [6.07, 6.45) is 5.30. The van der Waals surface area contributed by atoms with Gasteiger partial charge in [-0.15, -0.1) is 0 Å². The molecule has 4 heteroatoms. The molecule has 4 rings (SSSR count). The number of carbonyl (C=O) groups is 1. The molecule has 0 aromatic carbocycles. The van der Waals surface area contributed by atoms with Crippen LogP contribution in [0.4, 0.5) is 0 Å². The smallest absolute Gasteiger partial charge is 0.165 e. The lowest BCUT2D eigenvalue weighted by molar-refractivity contribution is -0.292. The van der Waals surface area contributed by atoms with Gasteiger partial charge in [0.15, 0.2) is 5.78 Å². The summed E-state index contributed by atoms with van der Waals surface area (Å²) in [5, 5.41) is 22.9. The summed E-state index contributed by atoms with van der Waals surface area (Å²) < 4.78 is 0. The first kappa shape index (κ1) is 13.2. The van der Waals surface area contributed by atoms with E-state index < -0.39 is 16.7 Å². The quantitative estimate of drug-likeness (QED) is 0.702. The van der Waals surface area contributed by atoms with Crippen LogP contribution in [0, 0.1) is 17.3 Å². The molecular formula is C16H25NO3. The fourth-order valence-corrected chi connectivity index (χ4v) is 6.27. The molecule has 1 spiro atoms. The van der Waals surface area contributed by atoms with E-state index in [1.165, 1.54) is 0 Å². The van der Waals surface area contributed by atoms with Crippen molar-refractivity contribution in [2.75, 3.05) is 13.1 Å². The van der Waals surface area contributed by atoms with Crippen LogP contribution in [0.2, 0.25) is 0 Å². The highest BCUT2D eigenvalue weighted by molar-refractivity contribution is 5.91. The van der Waals surface area contributed by atoms with Crippen molar-refractivity contribution in [3.8, 4) is 0 Å². The van der Waals surface area contributed by atoms with Gasteiger partial charge in [-0.25, -0.2) is 0 Å². The first-order valence-corrected chi connectivity index (χ1v) is 8.17. The number of nitrogens with zero attached hydrogens (tertiary/aromatic N) is 1. The second kappa shape index (κ2) is 3.84. The SMILES string of the molecule is C[C@@H]1C[C@H]2CC(=O)[C@@]3(O)CCCN4CCC[C@]23C4(O)C1. The van der Waals surface area contributed by atoms with Crippen LogP contribution in [0.3, 0.4) is 0 Å². The Balaban J connectivity index is 1.95. The number of hydrogen-bond donors (Lipinski definition) is 2. The van der Waals surface area contributed by atoms with Crippen LogP contribution >= 0.6 is 0 Å². The standard InChI is InChI=1S/C16H25NO3/c1-11-8-12-9-13(18)15(19)5-3-7-17-6-2-4-14(12,15)16(17,20)10-11/h11-12,19-20H,2-10H2,1H3/t11-,12+,14+,15+,16?/m1/s1. The maximum atomic E-state index is 12.6. The summed E-state index contributed by atoms with van der Waals surface area (Å²) in [5.41, 5.74) is -2.84.